The average Bonchev–Trinajstić information content (AvgIpc) is 3.16. The fourth-order valence-electron chi connectivity index (χ4n) is 2.52. The molecule has 0 atom stereocenters. The lowest BCUT2D eigenvalue weighted by Gasteiger charge is -2.21. The number of aromatic nitrogens is 1. The molecule has 9 heteroatoms. The predicted octanol–water partition coefficient (Wildman–Crippen LogP) is 4.74. The van der Waals surface area contributed by atoms with Crippen LogP contribution in [0.25, 0.3) is 11.3 Å². The van der Waals surface area contributed by atoms with Crippen LogP contribution in [0.3, 0.4) is 0 Å². The van der Waals surface area contributed by atoms with Crippen molar-refractivity contribution in [2.75, 3.05) is 12.4 Å². The molecule has 1 aromatic heterocycles. The fourth-order valence-corrected chi connectivity index (χ4v) is 4.83. The zero-order chi connectivity index (χ0) is 21.2. The molecular weight excluding hydrogens is 430 g/mol. The van der Waals surface area contributed by atoms with Crippen molar-refractivity contribution >= 4 is 44.0 Å². The first-order valence-electron chi connectivity index (χ1n) is 8.80. The Bertz CT molecular complexity index is 1130. The number of thiazole rings is 1. The lowest BCUT2D eigenvalue weighted by molar-refractivity contribution is 0.102. The molecule has 0 saturated heterocycles. The van der Waals surface area contributed by atoms with Crippen molar-refractivity contribution in [1.29, 1.82) is 0 Å². The number of halogens is 1. The summed E-state index contributed by atoms with van der Waals surface area (Å²) in [6.45, 7) is 3.54. The number of nitrogens with one attached hydrogen (secondary N) is 1. The summed E-state index contributed by atoms with van der Waals surface area (Å²) in [7, 11) is -2.24. The lowest BCUT2D eigenvalue weighted by Crippen LogP contribution is -2.33. The summed E-state index contributed by atoms with van der Waals surface area (Å²) >= 11 is 7.44. The second-order valence-electron chi connectivity index (χ2n) is 6.61. The maximum absolute atomic E-state index is 12.7. The Morgan fingerprint density at radius 3 is 2.52 bits per heavy atom. The van der Waals surface area contributed by atoms with Gasteiger partial charge in [0.25, 0.3) is 5.91 Å². The van der Waals surface area contributed by atoms with Gasteiger partial charge in [-0.1, -0.05) is 41.9 Å². The maximum Gasteiger partial charge on any atom is 0.259 e. The molecule has 1 heterocycles. The van der Waals surface area contributed by atoms with Crippen molar-refractivity contribution in [2.24, 2.45) is 0 Å². The van der Waals surface area contributed by atoms with Gasteiger partial charge in [0.15, 0.2) is 5.13 Å². The SMILES string of the molecule is CC(C)N(C)S(=O)(=O)c1ccc(Cl)c(C(=O)Nc2nc(-c3ccccc3)cs2)c1. The number of hydrogen-bond donors (Lipinski definition) is 1. The molecule has 0 unspecified atom stereocenters. The third kappa shape index (κ3) is 4.67. The first kappa shape index (κ1) is 21.4. The molecule has 2 aromatic carbocycles. The molecule has 0 aliphatic carbocycles. The predicted molar refractivity (Wildman–Crippen MR) is 117 cm³/mol. The number of anilines is 1. The molecule has 0 spiro atoms. The van der Waals surface area contributed by atoms with Gasteiger partial charge in [-0.2, -0.15) is 4.31 Å². The number of carbonyl (C=O) groups is 1. The number of sulfonamides is 1. The van der Waals surface area contributed by atoms with E-state index in [4.69, 9.17) is 11.6 Å². The van der Waals surface area contributed by atoms with Crippen LogP contribution in [-0.2, 0) is 10.0 Å². The molecule has 6 nitrogen and oxygen atoms in total. The van der Waals surface area contributed by atoms with E-state index in [9.17, 15) is 13.2 Å². The van der Waals surface area contributed by atoms with E-state index in [2.05, 4.69) is 10.3 Å². The Balaban J connectivity index is 1.86. The third-order valence-corrected chi connectivity index (χ3v) is 7.50. The van der Waals surface area contributed by atoms with Crippen LogP contribution in [0.2, 0.25) is 5.02 Å². The van der Waals surface area contributed by atoms with Crippen LogP contribution in [0, 0.1) is 0 Å². The summed E-state index contributed by atoms with van der Waals surface area (Å²) < 4.78 is 26.7. The molecule has 3 rings (SSSR count). The Morgan fingerprint density at radius 2 is 1.86 bits per heavy atom. The number of carbonyl (C=O) groups excluding carboxylic acids is 1. The summed E-state index contributed by atoms with van der Waals surface area (Å²) in [4.78, 5) is 17.1. The average molecular weight is 450 g/mol. The van der Waals surface area contributed by atoms with Gasteiger partial charge in [0.2, 0.25) is 10.0 Å². The van der Waals surface area contributed by atoms with E-state index >= 15 is 0 Å². The Labute approximate surface area is 179 Å². The normalized spacial score (nSPS) is 11.8. The number of nitrogens with zero attached hydrogens (tertiary/aromatic N) is 2. The zero-order valence-electron chi connectivity index (χ0n) is 16.1. The van der Waals surface area contributed by atoms with Gasteiger partial charge >= 0.3 is 0 Å². The highest BCUT2D eigenvalue weighted by Gasteiger charge is 2.25. The van der Waals surface area contributed by atoms with Crippen molar-refractivity contribution in [1.82, 2.24) is 9.29 Å². The molecule has 0 saturated carbocycles. The molecule has 3 aromatic rings. The van der Waals surface area contributed by atoms with Crippen LogP contribution in [0.15, 0.2) is 58.8 Å². The molecule has 0 aliphatic rings. The van der Waals surface area contributed by atoms with Crippen LogP contribution < -0.4 is 5.32 Å². The van der Waals surface area contributed by atoms with Crippen molar-refractivity contribution in [3.63, 3.8) is 0 Å². The van der Waals surface area contributed by atoms with Gasteiger partial charge in [-0.25, -0.2) is 13.4 Å². The summed E-state index contributed by atoms with van der Waals surface area (Å²) in [5, 5.41) is 5.09. The highest BCUT2D eigenvalue weighted by molar-refractivity contribution is 7.89. The number of hydrogen-bond acceptors (Lipinski definition) is 5. The van der Waals surface area contributed by atoms with Crippen molar-refractivity contribution in [3.05, 3.63) is 64.5 Å². The minimum Gasteiger partial charge on any atom is -0.298 e. The van der Waals surface area contributed by atoms with Crippen molar-refractivity contribution in [2.45, 2.75) is 24.8 Å². The monoisotopic (exact) mass is 449 g/mol. The molecule has 0 radical (unpaired) electrons. The van der Waals surface area contributed by atoms with E-state index in [1.54, 1.807) is 13.8 Å². The third-order valence-electron chi connectivity index (χ3n) is 4.38. The lowest BCUT2D eigenvalue weighted by atomic mass is 10.2. The van der Waals surface area contributed by atoms with E-state index in [1.165, 1.54) is 40.9 Å². The number of benzene rings is 2. The Hall–Kier alpha value is -2.26. The fraction of sp³-hybridized carbons (Fsp3) is 0.200. The number of amides is 1. The second kappa shape index (κ2) is 8.62. The van der Waals surface area contributed by atoms with E-state index in [1.807, 2.05) is 35.7 Å². The molecule has 0 fully saturated rings. The Kier molecular flexibility index (Phi) is 6.38. The van der Waals surface area contributed by atoms with Crippen LogP contribution >= 0.6 is 22.9 Å². The molecule has 29 heavy (non-hydrogen) atoms. The molecular formula is C20H20ClN3O3S2. The maximum atomic E-state index is 12.7. The van der Waals surface area contributed by atoms with Gasteiger partial charge in [0.1, 0.15) is 0 Å². The van der Waals surface area contributed by atoms with E-state index in [-0.39, 0.29) is 21.5 Å². The largest absolute Gasteiger partial charge is 0.298 e. The van der Waals surface area contributed by atoms with Crippen molar-refractivity contribution in [3.8, 4) is 11.3 Å². The molecule has 0 bridgehead atoms. The topological polar surface area (TPSA) is 79.4 Å². The van der Waals surface area contributed by atoms with Gasteiger partial charge in [0.05, 0.1) is 21.2 Å². The van der Waals surface area contributed by atoms with E-state index in [0.717, 1.165) is 11.3 Å². The van der Waals surface area contributed by atoms with E-state index in [0.29, 0.717) is 5.13 Å². The first-order valence-corrected chi connectivity index (χ1v) is 11.5. The van der Waals surface area contributed by atoms with Gasteiger partial charge in [-0.3, -0.25) is 10.1 Å². The quantitative estimate of drug-likeness (QED) is 0.589. The smallest absolute Gasteiger partial charge is 0.259 e. The molecule has 0 aliphatic heterocycles. The van der Waals surface area contributed by atoms with Crippen molar-refractivity contribution < 1.29 is 13.2 Å². The zero-order valence-corrected chi connectivity index (χ0v) is 18.5. The molecule has 1 amide bonds. The number of rotatable bonds is 6. The summed E-state index contributed by atoms with van der Waals surface area (Å²) in [6.07, 6.45) is 0. The molecule has 1 N–H and O–H groups in total. The van der Waals surface area contributed by atoms with Crippen LogP contribution in [-0.4, -0.2) is 36.7 Å². The Morgan fingerprint density at radius 1 is 1.17 bits per heavy atom. The summed E-state index contributed by atoms with van der Waals surface area (Å²) in [5.74, 6) is -0.520. The first-order chi connectivity index (χ1) is 13.7. The standard InChI is InChI=1S/C20H20ClN3O3S2/c1-13(2)24(3)29(26,27)15-9-10-17(21)16(11-15)19(25)23-20-22-18(12-28-20)14-7-5-4-6-8-14/h4-13H,1-3H3,(H,22,23,25). The van der Waals surface area contributed by atoms with E-state index < -0.39 is 15.9 Å². The summed E-state index contributed by atoms with van der Waals surface area (Å²) in [6, 6.07) is 13.5. The minimum absolute atomic E-state index is 0.00682. The van der Waals surface area contributed by atoms with Crippen LogP contribution in [0.1, 0.15) is 24.2 Å². The highest BCUT2D eigenvalue weighted by atomic mass is 35.5. The van der Waals surface area contributed by atoms with Crippen LogP contribution in [0.4, 0.5) is 5.13 Å². The second-order valence-corrected chi connectivity index (χ2v) is 9.88. The van der Waals surface area contributed by atoms with Gasteiger partial charge < -0.3 is 0 Å². The van der Waals surface area contributed by atoms with Crippen LogP contribution in [0.5, 0.6) is 0 Å². The van der Waals surface area contributed by atoms with Gasteiger partial charge in [-0.05, 0) is 32.0 Å². The molecule has 152 valence electrons. The highest BCUT2D eigenvalue weighted by Crippen LogP contribution is 2.27. The summed E-state index contributed by atoms with van der Waals surface area (Å²) in [5.41, 5.74) is 1.75. The minimum atomic E-state index is -3.73. The van der Waals surface area contributed by atoms with Gasteiger partial charge in [-0.15, -0.1) is 11.3 Å². The van der Waals surface area contributed by atoms with Gasteiger partial charge in [0, 0.05) is 24.0 Å².